The summed E-state index contributed by atoms with van der Waals surface area (Å²) in [5.74, 6) is 0.377. The molecular formula is C30H35FN8O. The SMILES string of the molecule is C[C@H]1CCCN1Cc1cc(F)cc(OC2CCN(CC(CC#N)n3cc(-c4ncnc5[nH]ccc45)cn3)CC2)c1. The van der Waals surface area contributed by atoms with Crippen molar-refractivity contribution in [2.75, 3.05) is 26.2 Å². The number of nitrogens with one attached hydrogen (secondary N) is 1. The van der Waals surface area contributed by atoms with Gasteiger partial charge in [0.05, 0.1) is 30.4 Å². The Labute approximate surface area is 233 Å². The van der Waals surface area contributed by atoms with Crippen LogP contribution in [0.15, 0.2) is 49.2 Å². The molecule has 0 saturated carbocycles. The second-order valence-corrected chi connectivity index (χ2v) is 11.1. The third kappa shape index (κ3) is 5.86. The molecule has 2 aliphatic heterocycles. The number of likely N-dealkylation sites (tertiary alicyclic amines) is 2. The Balaban J connectivity index is 1.06. The molecule has 2 saturated heterocycles. The molecule has 0 amide bonds. The summed E-state index contributed by atoms with van der Waals surface area (Å²) in [4.78, 5) is 16.6. The van der Waals surface area contributed by atoms with Crippen molar-refractivity contribution in [1.82, 2.24) is 34.5 Å². The van der Waals surface area contributed by atoms with E-state index in [-0.39, 0.29) is 18.0 Å². The van der Waals surface area contributed by atoms with Crippen molar-refractivity contribution in [1.29, 1.82) is 5.26 Å². The maximum absolute atomic E-state index is 14.4. The second-order valence-electron chi connectivity index (χ2n) is 11.1. The van der Waals surface area contributed by atoms with Crippen LogP contribution in [-0.4, -0.2) is 72.9 Å². The Bertz CT molecular complexity index is 1480. The quantitative estimate of drug-likeness (QED) is 0.320. The standard InChI is InChI=1S/C30H35FN8O/c1-21-3-2-10-38(21)17-22-13-24(31)15-27(14-22)40-26-6-11-37(12-7-26)19-25(4-8-32)39-18-23(16-36-39)29-28-5-9-33-30(28)35-20-34-29/h5,9,13-16,18,20-21,25-26H,2-4,6-7,10-12,17,19H2,1H3,(H,33,34,35)/t21-,25?/m0/s1. The number of halogens is 1. The summed E-state index contributed by atoms with van der Waals surface area (Å²) in [6, 6.07) is 9.88. The predicted molar refractivity (Wildman–Crippen MR) is 150 cm³/mol. The van der Waals surface area contributed by atoms with Gasteiger partial charge in [0.1, 0.15) is 29.6 Å². The van der Waals surface area contributed by atoms with Crippen molar-refractivity contribution in [3.8, 4) is 23.1 Å². The number of H-pyrrole nitrogens is 1. The normalized spacial score (nSPS) is 19.7. The first-order valence-electron chi connectivity index (χ1n) is 14.2. The Kier molecular flexibility index (Phi) is 7.75. The topological polar surface area (TPSA) is 98.9 Å². The third-order valence-corrected chi connectivity index (χ3v) is 8.24. The fraction of sp³-hybridized carbons (Fsp3) is 0.467. The Hall–Kier alpha value is -3.81. The number of fused-ring (bicyclic) bond motifs is 1. The van der Waals surface area contributed by atoms with Gasteiger partial charge in [0, 0.05) is 61.6 Å². The summed E-state index contributed by atoms with van der Waals surface area (Å²) >= 11 is 0. The molecule has 1 unspecified atom stereocenters. The van der Waals surface area contributed by atoms with Gasteiger partial charge in [-0.1, -0.05) is 0 Å². The number of nitriles is 1. The molecule has 2 aliphatic rings. The summed E-state index contributed by atoms with van der Waals surface area (Å²) in [6.07, 6.45) is 11.7. The third-order valence-electron chi connectivity index (χ3n) is 8.24. The maximum Gasteiger partial charge on any atom is 0.141 e. The molecule has 4 aromatic rings. The van der Waals surface area contributed by atoms with Crippen molar-refractivity contribution in [2.45, 2.75) is 63.8 Å². The maximum atomic E-state index is 14.4. The molecular weight excluding hydrogens is 507 g/mol. The van der Waals surface area contributed by atoms with Crippen molar-refractivity contribution in [3.05, 3.63) is 60.6 Å². The van der Waals surface area contributed by atoms with Crippen LogP contribution in [0.4, 0.5) is 4.39 Å². The van der Waals surface area contributed by atoms with E-state index >= 15 is 0 Å². The van der Waals surface area contributed by atoms with Crippen LogP contribution in [0.2, 0.25) is 0 Å². The van der Waals surface area contributed by atoms with Crippen LogP contribution in [-0.2, 0) is 6.54 Å². The number of hydrogen-bond donors (Lipinski definition) is 1. The van der Waals surface area contributed by atoms with Crippen LogP contribution in [0.1, 0.15) is 50.6 Å². The molecule has 0 spiro atoms. The first-order valence-corrected chi connectivity index (χ1v) is 14.2. The van der Waals surface area contributed by atoms with Gasteiger partial charge >= 0.3 is 0 Å². The van der Waals surface area contributed by atoms with Crippen molar-refractivity contribution >= 4 is 11.0 Å². The highest BCUT2D eigenvalue weighted by atomic mass is 19.1. The van der Waals surface area contributed by atoms with Gasteiger partial charge in [-0.05, 0) is 62.9 Å². The lowest BCUT2D eigenvalue weighted by atomic mass is 10.1. The predicted octanol–water partition coefficient (Wildman–Crippen LogP) is 4.94. The van der Waals surface area contributed by atoms with Crippen molar-refractivity contribution in [2.24, 2.45) is 0 Å². The van der Waals surface area contributed by atoms with E-state index in [9.17, 15) is 9.65 Å². The molecule has 5 heterocycles. The Morgan fingerprint density at radius 1 is 1.18 bits per heavy atom. The van der Waals surface area contributed by atoms with E-state index in [1.807, 2.05) is 29.2 Å². The van der Waals surface area contributed by atoms with Crippen LogP contribution >= 0.6 is 0 Å². The van der Waals surface area contributed by atoms with Gasteiger partial charge < -0.3 is 14.6 Å². The van der Waals surface area contributed by atoms with Crippen molar-refractivity contribution in [3.63, 3.8) is 0 Å². The number of nitrogens with zero attached hydrogens (tertiary/aromatic N) is 7. The number of benzene rings is 1. The van der Waals surface area contributed by atoms with Crippen LogP contribution in [0.5, 0.6) is 5.75 Å². The zero-order valence-corrected chi connectivity index (χ0v) is 22.8. The first-order chi connectivity index (χ1) is 19.6. The van der Waals surface area contributed by atoms with Gasteiger partial charge in [-0.25, -0.2) is 14.4 Å². The molecule has 0 aliphatic carbocycles. The Morgan fingerprint density at radius 3 is 2.85 bits per heavy atom. The molecule has 3 aromatic heterocycles. The molecule has 0 bridgehead atoms. The summed E-state index contributed by atoms with van der Waals surface area (Å²) < 4.78 is 22.6. The first kappa shape index (κ1) is 26.4. The minimum Gasteiger partial charge on any atom is -0.490 e. The minimum atomic E-state index is -0.242. The molecule has 9 nitrogen and oxygen atoms in total. The van der Waals surface area contributed by atoms with E-state index in [2.05, 4.69) is 42.8 Å². The zero-order valence-electron chi connectivity index (χ0n) is 22.8. The molecule has 40 heavy (non-hydrogen) atoms. The molecule has 1 aromatic carbocycles. The summed E-state index contributed by atoms with van der Waals surface area (Å²) in [6.45, 7) is 6.49. The lowest BCUT2D eigenvalue weighted by Crippen LogP contribution is -2.41. The van der Waals surface area contributed by atoms with Gasteiger partial charge in [-0.15, -0.1) is 0 Å². The highest BCUT2D eigenvalue weighted by molar-refractivity contribution is 5.89. The molecule has 0 radical (unpaired) electrons. The number of piperidine rings is 1. The molecule has 2 fully saturated rings. The fourth-order valence-electron chi connectivity index (χ4n) is 6.05. The van der Waals surface area contributed by atoms with Gasteiger partial charge in [0.15, 0.2) is 0 Å². The van der Waals surface area contributed by atoms with E-state index in [4.69, 9.17) is 4.74 Å². The van der Waals surface area contributed by atoms with Gasteiger partial charge in [0.25, 0.3) is 0 Å². The van der Waals surface area contributed by atoms with E-state index in [1.165, 1.54) is 18.9 Å². The highest BCUT2D eigenvalue weighted by Crippen LogP contribution is 2.28. The summed E-state index contributed by atoms with van der Waals surface area (Å²) in [7, 11) is 0. The van der Waals surface area contributed by atoms with Gasteiger partial charge in [-0.3, -0.25) is 9.58 Å². The summed E-state index contributed by atoms with van der Waals surface area (Å²) in [5.41, 5.74) is 3.47. The van der Waals surface area contributed by atoms with E-state index in [0.29, 0.717) is 18.2 Å². The molecule has 10 heteroatoms. The van der Waals surface area contributed by atoms with Crippen LogP contribution in [0.3, 0.4) is 0 Å². The molecule has 2 atom stereocenters. The zero-order chi connectivity index (χ0) is 27.5. The molecule has 208 valence electrons. The average Bonchev–Trinajstić information content (AvgIpc) is 3.71. The summed E-state index contributed by atoms with van der Waals surface area (Å²) in [5, 5.41) is 15.1. The molecule has 1 N–H and O–H groups in total. The van der Waals surface area contributed by atoms with E-state index in [0.717, 1.165) is 73.4 Å². The second kappa shape index (κ2) is 11.7. The number of hydrogen-bond acceptors (Lipinski definition) is 7. The average molecular weight is 543 g/mol. The van der Waals surface area contributed by atoms with Crippen molar-refractivity contribution < 1.29 is 9.13 Å². The smallest absolute Gasteiger partial charge is 0.141 e. The lowest BCUT2D eigenvalue weighted by molar-refractivity contribution is 0.0908. The lowest BCUT2D eigenvalue weighted by Gasteiger charge is -2.34. The monoisotopic (exact) mass is 542 g/mol. The number of ether oxygens (including phenoxy) is 1. The molecule has 6 rings (SSSR count). The van der Waals surface area contributed by atoms with E-state index in [1.54, 1.807) is 18.6 Å². The number of aromatic nitrogens is 5. The fourth-order valence-corrected chi connectivity index (χ4v) is 6.05. The Morgan fingerprint density at radius 2 is 2.05 bits per heavy atom. The van der Waals surface area contributed by atoms with Gasteiger partial charge in [-0.2, -0.15) is 10.4 Å². The minimum absolute atomic E-state index is 0.0452. The number of aromatic amines is 1. The van der Waals surface area contributed by atoms with Gasteiger partial charge in [0.2, 0.25) is 0 Å². The number of rotatable bonds is 9. The van der Waals surface area contributed by atoms with E-state index < -0.39 is 0 Å². The highest BCUT2D eigenvalue weighted by Gasteiger charge is 2.25. The van der Waals surface area contributed by atoms with Crippen LogP contribution in [0.25, 0.3) is 22.3 Å². The van der Waals surface area contributed by atoms with Crippen LogP contribution < -0.4 is 4.74 Å². The largest absolute Gasteiger partial charge is 0.490 e. The van der Waals surface area contributed by atoms with Crippen LogP contribution in [0, 0.1) is 17.1 Å².